The molecule has 2 rings (SSSR count). The molecular weight excluding hydrogens is 318 g/mol. The number of thiophene rings is 1. The SMILES string of the molecule is CSc1cccc(NS(=O)(=O)c2ccsc2C(=O)O)c1. The number of nitrogens with one attached hydrogen (secondary N) is 1. The third-order valence-corrected chi connectivity index (χ3v) is 5.62. The molecule has 0 radical (unpaired) electrons. The molecule has 106 valence electrons. The van der Waals surface area contributed by atoms with Crippen molar-refractivity contribution in [3.63, 3.8) is 0 Å². The van der Waals surface area contributed by atoms with Gasteiger partial charge < -0.3 is 5.11 Å². The van der Waals surface area contributed by atoms with Crippen molar-refractivity contribution in [2.24, 2.45) is 0 Å². The highest BCUT2D eigenvalue weighted by Gasteiger charge is 2.23. The molecule has 1 heterocycles. The number of rotatable bonds is 5. The average molecular weight is 329 g/mol. The van der Waals surface area contributed by atoms with Gasteiger partial charge >= 0.3 is 5.97 Å². The van der Waals surface area contributed by atoms with Gasteiger partial charge in [0.2, 0.25) is 0 Å². The van der Waals surface area contributed by atoms with Crippen molar-refractivity contribution in [3.05, 3.63) is 40.6 Å². The molecule has 0 bridgehead atoms. The third kappa shape index (κ3) is 3.14. The highest BCUT2D eigenvalue weighted by atomic mass is 32.2. The van der Waals surface area contributed by atoms with Gasteiger partial charge in [-0.25, -0.2) is 13.2 Å². The van der Waals surface area contributed by atoms with E-state index in [1.54, 1.807) is 18.2 Å². The number of aromatic carboxylic acids is 1. The Balaban J connectivity index is 2.35. The molecule has 5 nitrogen and oxygen atoms in total. The fraction of sp³-hybridized carbons (Fsp3) is 0.0833. The summed E-state index contributed by atoms with van der Waals surface area (Å²) in [5.74, 6) is -1.25. The Morgan fingerprint density at radius 3 is 2.75 bits per heavy atom. The van der Waals surface area contributed by atoms with Gasteiger partial charge in [-0.05, 0) is 35.9 Å². The minimum absolute atomic E-state index is 0.196. The zero-order chi connectivity index (χ0) is 14.8. The molecule has 0 saturated heterocycles. The van der Waals surface area contributed by atoms with Crippen LogP contribution in [0.25, 0.3) is 0 Å². The molecule has 0 atom stereocenters. The first-order chi connectivity index (χ1) is 9.44. The lowest BCUT2D eigenvalue weighted by Gasteiger charge is -2.08. The fourth-order valence-corrected chi connectivity index (χ4v) is 4.33. The van der Waals surface area contributed by atoms with Crippen molar-refractivity contribution in [2.75, 3.05) is 11.0 Å². The summed E-state index contributed by atoms with van der Waals surface area (Å²) in [7, 11) is -3.90. The summed E-state index contributed by atoms with van der Waals surface area (Å²) < 4.78 is 26.8. The Morgan fingerprint density at radius 1 is 1.35 bits per heavy atom. The first kappa shape index (κ1) is 14.9. The molecule has 1 aromatic carbocycles. The number of carboxylic acid groups (broad SMARTS) is 1. The molecule has 0 amide bonds. The number of hydrogen-bond acceptors (Lipinski definition) is 5. The molecule has 0 aliphatic carbocycles. The highest BCUT2D eigenvalue weighted by Crippen LogP contribution is 2.26. The molecule has 2 aromatic rings. The topological polar surface area (TPSA) is 83.5 Å². The number of thioether (sulfide) groups is 1. The Labute approximate surface area is 124 Å². The van der Waals surface area contributed by atoms with Gasteiger partial charge in [-0.2, -0.15) is 0 Å². The molecule has 0 aliphatic heterocycles. The molecule has 0 spiro atoms. The van der Waals surface area contributed by atoms with Gasteiger partial charge in [0, 0.05) is 10.6 Å². The van der Waals surface area contributed by atoms with Gasteiger partial charge in [0.05, 0.1) is 0 Å². The summed E-state index contributed by atoms with van der Waals surface area (Å²) in [5.41, 5.74) is 0.402. The van der Waals surface area contributed by atoms with E-state index in [0.29, 0.717) is 5.69 Å². The summed E-state index contributed by atoms with van der Waals surface area (Å²) in [6.07, 6.45) is 1.88. The lowest BCUT2D eigenvalue weighted by atomic mass is 10.3. The molecule has 0 saturated carbocycles. The number of hydrogen-bond donors (Lipinski definition) is 2. The van der Waals surface area contributed by atoms with Gasteiger partial charge in [-0.15, -0.1) is 23.1 Å². The van der Waals surface area contributed by atoms with Gasteiger partial charge in [-0.3, -0.25) is 4.72 Å². The van der Waals surface area contributed by atoms with E-state index >= 15 is 0 Å². The second-order valence-electron chi connectivity index (χ2n) is 3.76. The van der Waals surface area contributed by atoms with Crippen LogP contribution in [0.1, 0.15) is 9.67 Å². The number of sulfonamides is 1. The predicted octanol–water partition coefficient (Wildman–Crippen LogP) is 2.97. The Bertz CT molecular complexity index is 737. The van der Waals surface area contributed by atoms with Gasteiger partial charge in [-0.1, -0.05) is 6.07 Å². The lowest BCUT2D eigenvalue weighted by Crippen LogP contribution is -2.15. The van der Waals surface area contributed by atoms with Crippen LogP contribution in [-0.4, -0.2) is 25.7 Å². The maximum absolute atomic E-state index is 12.2. The van der Waals surface area contributed by atoms with E-state index in [2.05, 4.69) is 4.72 Å². The first-order valence-electron chi connectivity index (χ1n) is 5.41. The molecule has 0 fully saturated rings. The summed E-state index contributed by atoms with van der Waals surface area (Å²) >= 11 is 2.37. The van der Waals surface area contributed by atoms with Crippen LogP contribution in [0.4, 0.5) is 5.69 Å². The summed E-state index contributed by atoms with van der Waals surface area (Å²) in [4.78, 5) is 11.5. The third-order valence-electron chi connectivity index (χ3n) is 2.43. The molecular formula is C12H11NO4S3. The van der Waals surface area contributed by atoms with E-state index in [1.165, 1.54) is 23.2 Å². The van der Waals surface area contributed by atoms with Crippen molar-refractivity contribution in [1.82, 2.24) is 0 Å². The van der Waals surface area contributed by atoms with E-state index in [-0.39, 0.29) is 9.77 Å². The molecule has 20 heavy (non-hydrogen) atoms. The van der Waals surface area contributed by atoms with Crippen LogP contribution in [0.2, 0.25) is 0 Å². The van der Waals surface area contributed by atoms with Crippen molar-refractivity contribution in [1.29, 1.82) is 0 Å². The minimum Gasteiger partial charge on any atom is -0.477 e. The second-order valence-corrected chi connectivity index (χ2v) is 7.20. The van der Waals surface area contributed by atoms with Crippen LogP contribution in [0.15, 0.2) is 45.5 Å². The number of benzene rings is 1. The monoisotopic (exact) mass is 329 g/mol. The van der Waals surface area contributed by atoms with Gasteiger partial charge in [0.25, 0.3) is 10.0 Å². The maximum atomic E-state index is 12.2. The highest BCUT2D eigenvalue weighted by molar-refractivity contribution is 7.98. The average Bonchev–Trinajstić information content (AvgIpc) is 2.88. The Kier molecular flexibility index (Phi) is 4.36. The van der Waals surface area contributed by atoms with Gasteiger partial charge in [0.1, 0.15) is 9.77 Å². The predicted molar refractivity (Wildman–Crippen MR) is 80.3 cm³/mol. The quantitative estimate of drug-likeness (QED) is 0.824. The first-order valence-corrected chi connectivity index (χ1v) is 9.00. The molecule has 0 unspecified atom stereocenters. The molecule has 0 aliphatic rings. The largest absolute Gasteiger partial charge is 0.477 e. The van der Waals surface area contributed by atoms with Crippen LogP contribution in [0.5, 0.6) is 0 Å². The lowest BCUT2D eigenvalue weighted by molar-refractivity contribution is 0.0698. The maximum Gasteiger partial charge on any atom is 0.347 e. The fourth-order valence-electron chi connectivity index (χ4n) is 1.56. The molecule has 2 N–H and O–H groups in total. The van der Waals surface area contributed by atoms with Crippen LogP contribution >= 0.6 is 23.1 Å². The zero-order valence-electron chi connectivity index (χ0n) is 10.4. The van der Waals surface area contributed by atoms with Crippen molar-refractivity contribution in [2.45, 2.75) is 9.79 Å². The van der Waals surface area contributed by atoms with Crippen molar-refractivity contribution < 1.29 is 18.3 Å². The van der Waals surface area contributed by atoms with Crippen LogP contribution < -0.4 is 4.72 Å². The number of anilines is 1. The Hall–Kier alpha value is -1.51. The van der Waals surface area contributed by atoms with E-state index in [9.17, 15) is 13.2 Å². The molecule has 8 heteroatoms. The smallest absolute Gasteiger partial charge is 0.347 e. The van der Waals surface area contributed by atoms with Crippen LogP contribution in [0.3, 0.4) is 0 Å². The van der Waals surface area contributed by atoms with Crippen molar-refractivity contribution >= 4 is 44.8 Å². The summed E-state index contributed by atoms with van der Waals surface area (Å²) in [6, 6.07) is 8.18. The summed E-state index contributed by atoms with van der Waals surface area (Å²) in [6.45, 7) is 0. The van der Waals surface area contributed by atoms with E-state index in [1.807, 2.05) is 12.3 Å². The van der Waals surface area contributed by atoms with E-state index < -0.39 is 16.0 Å². The van der Waals surface area contributed by atoms with Gasteiger partial charge in [0.15, 0.2) is 0 Å². The normalized spacial score (nSPS) is 11.2. The Morgan fingerprint density at radius 2 is 2.10 bits per heavy atom. The van der Waals surface area contributed by atoms with E-state index in [0.717, 1.165) is 16.2 Å². The molecule has 1 aromatic heterocycles. The second kappa shape index (κ2) is 5.86. The minimum atomic E-state index is -3.90. The number of carbonyl (C=O) groups is 1. The van der Waals surface area contributed by atoms with E-state index in [4.69, 9.17) is 5.11 Å². The van der Waals surface area contributed by atoms with Crippen molar-refractivity contribution in [3.8, 4) is 0 Å². The summed E-state index contributed by atoms with van der Waals surface area (Å²) in [5, 5.41) is 10.4. The zero-order valence-corrected chi connectivity index (χ0v) is 12.8. The standard InChI is InChI=1S/C12H11NO4S3/c1-18-9-4-2-3-8(7-9)13-20(16,17)10-5-6-19-11(10)12(14)15/h2-7,13H,1H3,(H,14,15). The van der Waals surface area contributed by atoms with Crippen LogP contribution in [0, 0.1) is 0 Å². The number of carboxylic acids is 1. The van der Waals surface area contributed by atoms with Crippen LogP contribution in [-0.2, 0) is 10.0 Å².